The maximum Gasteiger partial charge on any atom is 0.0667 e. The van der Waals surface area contributed by atoms with Crippen molar-refractivity contribution < 1.29 is 5.11 Å². The van der Waals surface area contributed by atoms with Crippen LogP contribution in [0.2, 0.25) is 0 Å². The Balaban J connectivity index is 1.52. The zero-order valence-electron chi connectivity index (χ0n) is 11.9. The van der Waals surface area contributed by atoms with Crippen LogP contribution >= 0.6 is 0 Å². The smallest absolute Gasteiger partial charge is 0.0667 e. The van der Waals surface area contributed by atoms with Crippen LogP contribution in [0.25, 0.3) is 0 Å². The molecule has 1 aliphatic heterocycles. The lowest BCUT2D eigenvalue weighted by Gasteiger charge is -2.18. The number of hydrogen-bond donors (Lipinski definition) is 2. The maximum atomic E-state index is 10.0. The van der Waals surface area contributed by atoms with Gasteiger partial charge in [-0.2, -0.15) is 0 Å². The third-order valence-corrected chi connectivity index (χ3v) is 4.71. The van der Waals surface area contributed by atoms with E-state index in [1.165, 1.54) is 51.7 Å². The Morgan fingerprint density at radius 2 is 2.00 bits per heavy atom. The third-order valence-electron chi connectivity index (χ3n) is 4.71. The minimum absolute atomic E-state index is 0.128. The molecule has 0 aromatic heterocycles. The second-order valence-electron chi connectivity index (χ2n) is 6.25. The van der Waals surface area contributed by atoms with Gasteiger partial charge in [0.25, 0.3) is 0 Å². The Hall–Kier alpha value is -0.120. The minimum atomic E-state index is -0.128. The van der Waals surface area contributed by atoms with E-state index in [2.05, 4.69) is 17.1 Å². The fourth-order valence-corrected chi connectivity index (χ4v) is 3.53. The standard InChI is InChI=1S/C15H30N2O/c1-2-17-8-7-14(12-17)10-16-11-15(18)9-13-5-3-4-6-13/h13-16,18H,2-12H2,1H3. The molecule has 2 unspecified atom stereocenters. The van der Waals surface area contributed by atoms with E-state index < -0.39 is 0 Å². The number of aliphatic hydroxyl groups is 1. The highest BCUT2D eigenvalue weighted by molar-refractivity contribution is 4.77. The van der Waals surface area contributed by atoms with Crippen molar-refractivity contribution in [3.8, 4) is 0 Å². The van der Waals surface area contributed by atoms with Gasteiger partial charge in [-0.25, -0.2) is 0 Å². The van der Waals surface area contributed by atoms with Gasteiger partial charge in [0.1, 0.15) is 0 Å². The molecule has 18 heavy (non-hydrogen) atoms. The van der Waals surface area contributed by atoms with Crippen molar-refractivity contribution in [3.63, 3.8) is 0 Å². The lowest BCUT2D eigenvalue weighted by molar-refractivity contribution is 0.139. The van der Waals surface area contributed by atoms with Crippen molar-refractivity contribution in [2.24, 2.45) is 11.8 Å². The third kappa shape index (κ3) is 4.52. The van der Waals surface area contributed by atoms with E-state index in [-0.39, 0.29) is 6.10 Å². The van der Waals surface area contributed by atoms with Gasteiger partial charge in [0, 0.05) is 13.1 Å². The molecule has 1 saturated heterocycles. The van der Waals surface area contributed by atoms with Crippen LogP contribution in [0.4, 0.5) is 0 Å². The van der Waals surface area contributed by atoms with Gasteiger partial charge in [0.15, 0.2) is 0 Å². The molecule has 0 bridgehead atoms. The topological polar surface area (TPSA) is 35.5 Å². The Morgan fingerprint density at radius 3 is 2.67 bits per heavy atom. The average Bonchev–Trinajstić information content (AvgIpc) is 3.00. The number of nitrogens with one attached hydrogen (secondary N) is 1. The summed E-state index contributed by atoms with van der Waals surface area (Å²) in [7, 11) is 0. The van der Waals surface area contributed by atoms with Crippen LogP contribution in [-0.4, -0.2) is 48.8 Å². The highest BCUT2D eigenvalue weighted by Crippen LogP contribution is 2.28. The van der Waals surface area contributed by atoms with Gasteiger partial charge in [0.05, 0.1) is 6.10 Å². The van der Waals surface area contributed by atoms with Crippen LogP contribution in [0, 0.1) is 11.8 Å². The number of aliphatic hydroxyl groups excluding tert-OH is 1. The molecule has 1 heterocycles. The Bertz CT molecular complexity index is 229. The molecule has 1 saturated carbocycles. The molecule has 0 amide bonds. The molecule has 2 aliphatic rings. The first-order chi connectivity index (χ1) is 8.78. The molecule has 2 atom stereocenters. The van der Waals surface area contributed by atoms with Crippen molar-refractivity contribution >= 4 is 0 Å². The lowest BCUT2D eigenvalue weighted by Crippen LogP contribution is -2.33. The Kier molecular flexibility index (Phi) is 5.93. The highest BCUT2D eigenvalue weighted by Gasteiger charge is 2.22. The van der Waals surface area contributed by atoms with Crippen LogP contribution in [0.3, 0.4) is 0 Å². The van der Waals surface area contributed by atoms with E-state index in [9.17, 15) is 5.11 Å². The van der Waals surface area contributed by atoms with Crippen molar-refractivity contribution in [2.75, 3.05) is 32.7 Å². The lowest BCUT2D eigenvalue weighted by atomic mass is 10.00. The summed E-state index contributed by atoms with van der Waals surface area (Å²) in [6, 6.07) is 0. The zero-order chi connectivity index (χ0) is 12.8. The van der Waals surface area contributed by atoms with E-state index in [0.717, 1.165) is 31.3 Å². The molecule has 0 aromatic rings. The second-order valence-corrected chi connectivity index (χ2v) is 6.25. The zero-order valence-corrected chi connectivity index (χ0v) is 11.9. The summed E-state index contributed by atoms with van der Waals surface area (Å²) in [5.41, 5.74) is 0. The van der Waals surface area contributed by atoms with Gasteiger partial charge in [-0.1, -0.05) is 32.6 Å². The van der Waals surface area contributed by atoms with Gasteiger partial charge in [-0.15, -0.1) is 0 Å². The fourth-order valence-electron chi connectivity index (χ4n) is 3.53. The van der Waals surface area contributed by atoms with Crippen LogP contribution in [-0.2, 0) is 0 Å². The van der Waals surface area contributed by atoms with Gasteiger partial charge in [0.2, 0.25) is 0 Å². The van der Waals surface area contributed by atoms with E-state index in [0.29, 0.717) is 0 Å². The molecule has 3 heteroatoms. The van der Waals surface area contributed by atoms with E-state index >= 15 is 0 Å². The number of hydrogen-bond acceptors (Lipinski definition) is 3. The predicted molar refractivity (Wildman–Crippen MR) is 75.7 cm³/mol. The Morgan fingerprint density at radius 1 is 1.22 bits per heavy atom. The van der Waals surface area contributed by atoms with Crippen molar-refractivity contribution in [1.82, 2.24) is 10.2 Å². The van der Waals surface area contributed by atoms with E-state index in [1.54, 1.807) is 0 Å². The minimum Gasteiger partial charge on any atom is -0.392 e. The fraction of sp³-hybridized carbons (Fsp3) is 1.00. The molecule has 0 aromatic carbocycles. The summed E-state index contributed by atoms with van der Waals surface area (Å²) in [4.78, 5) is 2.52. The molecule has 106 valence electrons. The summed E-state index contributed by atoms with van der Waals surface area (Å²) in [6.45, 7) is 7.79. The molecule has 0 radical (unpaired) electrons. The normalized spacial score (nSPS) is 28.0. The molecule has 1 aliphatic carbocycles. The SMILES string of the molecule is CCN1CCC(CNCC(O)CC2CCCC2)C1. The van der Waals surface area contributed by atoms with E-state index in [1.807, 2.05) is 0 Å². The first-order valence-electron chi connectivity index (χ1n) is 7.89. The van der Waals surface area contributed by atoms with Crippen LogP contribution < -0.4 is 5.32 Å². The van der Waals surface area contributed by atoms with Gasteiger partial charge in [-0.05, 0) is 44.3 Å². The monoisotopic (exact) mass is 254 g/mol. The number of rotatable bonds is 7. The molecule has 2 N–H and O–H groups in total. The molecular weight excluding hydrogens is 224 g/mol. The average molecular weight is 254 g/mol. The molecule has 2 rings (SSSR count). The van der Waals surface area contributed by atoms with Gasteiger partial charge < -0.3 is 15.3 Å². The van der Waals surface area contributed by atoms with E-state index in [4.69, 9.17) is 0 Å². The summed E-state index contributed by atoms with van der Waals surface area (Å²) in [5.74, 6) is 1.59. The first kappa shape index (κ1) is 14.3. The van der Waals surface area contributed by atoms with Crippen molar-refractivity contribution in [2.45, 2.75) is 51.6 Å². The Labute approximate surface area is 112 Å². The highest BCUT2D eigenvalue weighted by atomic mass is 16.3. The molecule has 2 fully saturated rings. The van der Waals surface area contributed by atoms with Crippen molar-refractivity contribution in [1.29, 1.82) is 0 Å². The summed E-state index contributed by atoms with van der Waals surface area (Å²) < 4.78 is 0. The first-order valence-corrected chi connectivity index (χ1v) is 7.89. The number of likely N-dealkylation sites (tertiary alicyclic amines) is 1. The van der Waals surface area contributed by atoms with Crippen LogP contribution in [0.5, 0.6) is 0 Å². The quantitative estimate of drug-likeness (QED) is 0.728. The van der Waals surface area contributed by atoms with Crippen LogP contribution in [0.15, 0.2) is 0 Å². The summed E-state index contributed by atoms with van der Waals surface area (Å²) in [6.07, 6.45) is 7.63. The predicted octanol–water partition coefficient (Wildman–Crippen LogP) is 1.86. The van der Waals surface area contributed by atoms with Gasteiger partial charge >= 0.3 is 0 Å². The molecule has 3 nitrogen and oxygen atoms in total. The largest absolute Gasteiger partial charge is 0.392 e. The number of nitrogens with zero attached hydrogens (tertiary/aromatic N) is 1. The van der Waals surface area contributed by atoms with Gasteiger partial charge in [-0.3, -0.25) is 0 Å². The summed E-state index contributed by atoms with van der Waals surface area (Å²) in [5, 5.41) is 13.5. The second kappa shape index (κ2) is 7.46. The van der Waals surface area contributed by atoms with Crippen molar-refractivity contribution in [3.05, 3.63) is 0 Å². The molecule has 0 spiro atoms. The summed E-state index contributed by atoms with van der Waals surface area (Å²) >= 11 is 0. The maximum absolute atomic E-state index is 10.0. The van der Waals surface area contributed by atoms with Crippen LogP contribution in [0.1, 0.15) is 45.4 Å². The molecular formula is C15H30N2O.